The van der Waals surface area contributed by atoms with Crippen LogP contribution in [0.15, 0.2) is 18.2 Å². The smallest absolute Gasteiger partial charge is 0.277 e. The molecular formula is C11H19N3O3S. The fourth-order valence-corrected chi connectivity index (χ4v) is 2.32. The maximum atomic E-state index is 11.6. The minimum atomic E-state index is -3.48. The van der Waals surface area contributed by atoms with Crippen LogP contribution in [-0.4, -0.2) is 22.1 Å². The Morgan fingerprint density at radius 2 is 2.06 bits per heavy atom. The molecule has 0 amide bonds. The molecule has 0 aromatic heterocycles. The number of ether oxygens (including phenoxy) is 1. The molecule has 1 rings (SSSR count). The van der Waals surface area contributed by atoms with Gasteiger partial charge in [0.25, 0.3) is 10.2 Å². The van der Waals surface area contributed by atoms with Crippen molar-refractivity contribution in [1.82, 2.24) is 9.44 Å². The standard InChI is InChI=1S/C11H19N3O3S/c1-3-6-13-18(15,16)14-8-9-7-10(12)4-5-11(9)17-2/h4-5,7,13-14H,3,6,8,12H2,1-2H3. The third-order valence-corrected chi connectivity index (χ3v) is 3.41. The molecule has 0 spiro atoms. The van der Waals surface area contributed by atoms with Gasteiger partial charge in [0.1, 0.15) is 5.75 Å². The molecule has 102 valence electrons. The summed E-state index contributed by atoms with van der Waals surface area (Å²) in [6, 6.07) is 5.09. The van der Waals surface area contributed by atoms with Crippen LogP contribution in [0.1, 0.15) is 18.9 Å². The summed E-state index contributed by atoms with van der Waals surface area (Å²) in [5, 5.41) is 0. The van der Waals surface area contributed by atoms with Gasteiger partial charge in [-0.2, -0.15) is 13.1 Å². The molecule has 18 heavy (non-hydrogen) atoms. The number of nitrogen functional groups attached to an aromatic ring is 1. The molecule has 1 aromatic carbocycles. The molecule has 0 aliphatic carbocycles. The maximum Gasteiger partial charge on any atom is 0.277 e. The number of methoxy groups -OCH3 is 1. The highest BCUT2D eigenvalue weighted by Gasteiger charge is 2.10. The van der Waals surface area contributed by atoms with Crippen molar-refractivity contribution in [3.8, 4) is 5.75 Å². The van der Waals surface area contributed by atoms with E-state index in [2.05, 4.69) is 9.44 Å². The predicted molar refractivity (Wildman–Crippen MR) is 71.5 cm³/mol. The lowest BCUT2D eigenvalue weighted by molar-refractivity contribution is 0.409. The molecule has 4 N–H and O–H groups in total. The van der Waals surface area contributed by atoms with Crippen molar-refractivity contribution in [1.29, 1.82) is 0 Å². The first-order valence-corrected chi connectivity index (χ1v) is 7.13. The zero-order valence-electron chi connectivity index (χ0n) is 10.6. The number of benzene rings is 1. The van der Waals surface area contributed by atoms with E-state index in [1.54, 1.807) is 18.2 Å². The molecule has 0 aliphatic rings. The van der Waals surface area contributed by atoms with E-state index < -0.39 is 10.2 Å². The van der Waals surface area contributed by atoms with Gasteiger partial charge >= 0.3 is 0 Å². The first kappa shape index (κ1) is 14.7. The summed E-state index contributed by atoms with van der Waals surface area (Å²) in [6.07, 6.45) is 0.739. The molecule has 0 saturated carbocycles. The molecule has 0 unspecified atom stereocenters. The van der Waals surface area contributed by atoms with Gasteiger partial charge in [-0.3, -0.25) is 0 Å². The molecule has 0 aliphatic heterocycles. The van der Waals surface area contributed by atoms with Crippen LogP contribution in [0.5, 0.6) is 5.75 Å². The number of hydrogen-bond acceptors (Lipinski definition) is 4. The van der Waals surface area contributed by atoms with Crippen molar-refractivity contribution >= 4 is 15.9 Å². The van der Waals surface area contributed by atoms with Gasteiger partial charge in [0.05, 0.1) is 7.11 Å². The number of anilines is 1. The van der Waals surface area contributed by atoms with Crippen LogP contribution in [-0.2, 0) is 16.8 Å². The second-order valence-corrected chi connectivity index (χ2v) is 5.37. The third kappa shape index (κ3) is 4.52. The molecule has 7 heteroatoms. The average molecular weight is 273 g/mol. The fourth-order valence-electron chi connectivity index (χ4n) is 1.40. The van der Waals surface area contributed by atoms with Crippen molar-refractivity contribution in [2.24, 2.45) is 0 Å². The van der Waals surface area contributed by atoms with E-state index >= 15 is 0 Å². The SMILES string of the molecule is CCCNS(=O)(=O)NCc1cc(N)ccc1OC. The topological polar surface area (TPSA) is 93.5 Å². The molecule has 0 atom stereocenters. The van der Waals surface area contributed by atoms with Crippen LogP contribution in [0.4, 0.5) is 5.69 Å². The van der Waals surface area contributed by atoms with Gasteiger partial charge in [-0.1, -0.05) is 6.92 Å². The second kappa shape index (κ2) is 6.58. The summed E-state index contributed by atoms with van der Waals surface area (Å²) in [5.74, 6) is 0.599. The molecule has 1 aromatic rings. The monoisotopic (exact) mass is 273 g/mol. The predicted octanol–water partition coefficient (Wildman–Crippen LogP) is 0.611. The summed E-state index contributed by atoms with van der Waals surface area (Å²) in [7, 11) is -1.95. The van der Waals surface area contributed by atoms with Crippen LogP contribution in [0.2, 0.25) is 0 Å². The third-order valence-electron chi connectivity index (χ3n) is 2.30. The molecule has 0 fully saturated rings. The minimum absolute atomic E-state index is 0.132. The first-order chi connectivity index (χ1) is 8.48. The Hall–Kier alpha value is -1.31. The van der Waals surface area contributed by atoms with E-state index in [0.717, 1.165) is 6.42 Å². The average Bonchev–Trinajstić information content (AvgIpc) is 2.34. The van der Waals surface area contributed by atoms with Gasteiger partial charge in [0, 0.05) is 24.3 Å². The van der Waals surface area contributed by atoms with Crippen molar-refractivity contribution in [3.63, 3.8) is 0 Å². The number of hydrogen-bond donors (Lipinski definition) is 3. The summed E-state index contributed by atoms with van der Waals surface area (Å²) >= 11 is 0. The summed E-state index contributed by atoms with van der Waals surface area (Å²) < 4.78 is 33.1. The summed E-state index contributed by atoms with van der Waals surface area (Å²) in [4.78, 5) is 0. The Kier molecular flexibility index (Phi) is 5.39. The molecular weight excluding hydrogens is 254 g/mol. The summed E-state index contributed by atoms with van der Waals surface area (Å²) in [6.45, 7) is 2.43. The second-order valence-electron chi connectivity index (χ2n) is 3.79. The van der Waals surface area contributed by atoms with Gasteiger partial charge in [-0.25, -0.2) is 4.72 Å². The van der Waals surface area contributed by atoms with Gasteiger partial charge in [-0.05, 0) is 24.6 Å². The van der Waals surface area contributed by atoms with Crippen molar-refractivity contribution < 1.29 is 13.2 Å². The Balaban J connectivity index is 2.71. The lowest BCUT2D eigenvalue weighted by Gasteiger charge is -2.11. The van der Waals surface area contributed by atoms with E-state index in [9.17, 15) is 8.42 Å². The summed E-state index contributed by atoms with van der Waals surface area (Å²) in [5.41, 5.74) is 6.91. The molecule has 6 nitrogen and oxygen atoms in total. The van der Waals surface area contributed by atoms with Crippen LogP contribution >= 0.6 is 0 Å². The fraction of sp³-hybridized carbons (Fsp3) is 0.455. The van der Waals surface area contributed by atoms with Crippen LogP contribution in [0.3, 0.4) is 0 Å². The minimum Gasteiger partial charge on any atom is -0.496 e. The Labute approximate surface area is 108 Å². The van der Waals surface area contributed by atoms with Crippen LogP contribution in [0, 0.1) is 0 Å². The Bertz CT molecular complexity index is 488. The Morgan fingerprint density at radius 1 is 1.33 bits per heavy atom. The van der Waals surface area contributed by atoms with Crippen LogP contribution < -0.4 is 19.9 Å². The van der Waals surface area contributed by atoms with E-state index in [0.29, 0.717) is 23.5 Å². The van der Waals surface area contributed by atoms with Crippen molar-refractivity contribution in [3.05, 3.63) is 23.8 Å². The van der Waals surface area contributed by atoms with Gasteiger partial charge in [0.2, 0.25) is 0 Å². The largest absolute Gasteiger partial charge is 0.496 e. The van der Waals surface area contributed by atoms with E-state index in [4.69, 9.17) is 10.5 Å². The first-order valence-electron chi connectivity index (χ1n) is 5.65. The Morgan fingerprint density at radius 3 is 2.67 bits per heavy atom. The van der Waals surface area contributed by atoms with Gasteiger partial charge < -0.3 is 10.5 Å². The van der Waals surface area contributed by atoms with Crippen molar-refractivity contribution in [2.45, 2.75) is 19.9 Å². The highest BCUT2D eigenvalue weighted by atomic mass is 32.2. The normalized spacial score (nSPS) is 11.4. The molecule has 0 heterocycles. The van der Waals surface area contributed by atoms with Gasteiger partial charge in [0.15, 0.2) is 0 Å². The zero-order chi connectivity index (χ0) is 13.6. The van der Waals surface area contributed by atoms with Crippen LogP contribution in [0.25, 0.3) is 0 Å². The molecule has 0 radical (unpaired) electrons. The highest BCUT2D eigenvalue weighted by molar-refractivity contribution is 7.87. The molecule has 0 bridgehead atoms. The highest BCUT2D eigenvalue weighted by Crippen LogP contribution is 2.20. The number of nitrogens with two attached hydrogens (primary N) is 1. The quantitative estimate of drug-likeness (QED) is 0.635. The van der Waals surface area contributed by atoms with E-state index in [1.165, 1.54) is 7.11 Å². The molecule has 0 saturated heterocycles. The lowest BCUT2D eigenvalue weighted by Crippen LogP contribution is -2.36. The maximum absolute atomic E-state index is 11.6. The van der Waals surface area contributed by atoms with Gasteiger partial charge in [-0.15, -0.1) is 0 Å². The zero-order valence-corrected chi connectivity index (χ0v) is 11.4. The lowest BCUT2D eigenvalue weighted by atomic mass is 10.2. The van der Waals surface area contributed by atoms with E-state index in [-0.39, 0.29) is 6.54 Å². The number of rotatable bonds is 7. The van der Waals surface area contributed by atoms with E-state index in [1.807, 2.05) is 6.92 Å². The number of nitrogens with one attached hydrogen (secondary N) is 2. The van der Waals surface area contributed by atoms with Crippen molar-refractivity contribution in [2.75, 3.05) is 19.4 Å².